The summed E-state index contributed by atoms with van der Waals surface area (Å²) in [4.78, 5) is 23.6. The Balaban J connectivity index is 1.69. The predicted octanol–water partition coefficient (Wildman–Crippen LogP) is 5.08. The molecule has 3 aromatic carbocycles. The van der Waals surface area contributed by atoms with Gasteiger partial charge in [0.2, 0.25) is 0 Å². The summed E-state index contributed by atoms with van der Waals surface area (Å²) in [5.41, 5.74) is 1.75. The molecule has 1 aliphatic heterocycles. The number of hydrogen-bond donors (Lipinski definition) is 0. The van der Waals surface area contributed by atoms with E-state index in [-0.39, 0.29) is 25.2 Å². The molecule has 0 bridgehead atoms. The number of esters is 1. The van der Waals surface area contributed by atoms with Crippen LogP contribution >= 0.6 is 0 Å². The van der Waals surface area contributed by atoms with Crippen LogP contribution in [0.1, 0.15) is 42.9 Å². The van der Waals surface area contributed by atoms with E-state index in [2.05, 4.69) is 0 Å². The number of carbonyl (C=O) groups is 2. The van der Waals surface area contributed by atoms with Gasteiger partial charge >= 0.3 is 5.97 Å². The number of rotatable bonds is 12. The predicted molar refractivity (Wildman–Crippen MR) is 142 cm³/mol. The molecule has 7 heteroatoms. The minimum atomic E-state index is -0.991. The third kappa shape index (κ3) is 6.23. The molecule has 0 N–H and O–H groups in total. The fraction of sp³-hybridized carbons (Fsp3) is 0.355. The molecule has 38 heavy (non-hydrogen) atoms. The van der Waals surface area contributed by atoms with Crippen LogP contribution in [0.3, 0.4) is 0 Å². The van der Waals surface area contributed by atoms with Gasteiger partial charge in [0.05, 0.1) is 33.9 Å². The molecule has 0 radical (unpaired) electrons. The van der Waals surface area contributed by atoms with Crippen molar-refractivity contribution in [3.8, 4) is 11.5 Å². The fourth-order valence-electron chi connectivity index (χ4n) is 4.71. The molecule has 1 saturated heterocycles. The summed E-state index contributed by atoms with van der Waals surface area (Å²) in [5.74, 6) is 1.03. The normalized spacial score (nSPS) is 17.1. The molecule has 0 saturated carbocycles. The molecule has 7 nitrogen and oxygen atoms in total. The Morgan fingerprint density at radius 3 is 1.89 bits per heavy atom. The SMILES string of the molecule is COc1ccc(C(OC[C@H]2OCCC2OC(=O)CCC(C)=O)(c2ccccc2)c2ccc(OC)cc2)cc1. The zero-order chi connectivity index (χ0) is 27.0. The van der Waals surface area contributed by atoms with Crippen molar-refractivity contribution in [1.82, 2.24) is 0 Å². The molecular weight excluding hydrogens is 484 g/mol. The molecule has 1 fully saturated rings. The average molecular weight is 519 g/mol. The average Bonchev–Trinajstić information content (AvgIpc) is 3.40. The molecule has 1 unspecified atom stereocenters. The van der Waals surface area contributed by atoms with Gasteiger partial charge in [0.1, 0.15) is 35.1 Å². The lowest BCUT2D eigenvalue weighted by atomic mass is 9.80. The van der Waals surface area contributed by atoms with Crippen LogP contribution in [0.15, 0.2) is 78.9 Å². The number of hydrogen-bond acceptors (Lipinski definition) is 7. The third-order valence-corrected chi connectivity index (χ3v) is 6.75. The second-order valence-electron chi connectivity index (χ2n) is 9.24. The fourth-order valence-corrected chi connectivity index (χ4v) is 4.71. The van der Waals surface area contributed by atoms with Crippen molar-refractivity contribution in [3.05, 3.63) is 95.6 Å². The number of ketones is 1. The molecule has 4 rings (SSSR count). The highest BCUT2D eigenvalue weighted by atomic mass is 16.6. The Kier molecular flexibility index (Phi) is 9.15. The first-order chi connectivity index (χ1) is 18.5. The second kappa shape index (κ2) is 12.7. The molecule has 3 aromatic rings. The van der Waals surface area contributed by atoms with Crippen LogP contribution in [0, 0.1) is 0 Å². The third-order valence-electron chi connectivity index (χ3n) is 6.75. The molecule has 0 aromatic heterocycles. The van der Waals surface area contributed by atoms with Gasteiger partial charge in [0.25, 0.3) is 0 Å². The summed E-state index contributed by atoms with van der Waals surface area (Å²) in [5, 5.41) is 0. The van der Waals surface area contributed by atoms with Crippen LogP contribution in [0.2, 0.25) is 0 Å². The van der Waals surface area contributed by atoms with E-state index in [0.29, 0.717) is 13.0 Å². The van der Waals surface area contributed by atoms with E-state index in [4.69, 9.17) is 23.7 Å². The van der Waals surface area contributed by atoms with Crippen molar-refractivity contribution in [1.29, 1.82) is 0 Å². The van der Waals surface area contributed by atoms with Crippen LogP contribution < -0.4 is 9.47 Å². The highest BCUT2D eigenvalue weighted by Crippen LogP contribution is 2.42. The van der Waals surface area contributed by atoms with E-state index in [9.17, 15) is 9.59 Å². The monoisotopic (exact) mass is 518 g/mol. The molecular formula is C31H34O7. The first-order valence-electron chi connectivity index (χ1n) is 12.8. The summed E-state index contributed by atoms with van der Waals surface area (Å²) in [6, 6.07) is 25.6. The summed E-state index contributed by atoms with van der Waals surface area (Å²) in [6.07, 6.45) is -0.0981. The van der Waals surface area contributed by atoms with Gasteiger partial charge in [-0.15, -0.1) is 0 Å². The van der Waals surface area contributed by atoms with Crippen molar-refractivity contribution in [2.45, 2.75) is 44.0 Å². The van der Waals surface area contributed by atoms with Gasteiger partial charge in [-0.3, -0.25) is 4.79 Å². The molecule has 0 aliphatic carbocycles. The summed E-state index contributed by atoms with van der Waals surface area (Å²) >= 11 is 0. The van der Waals surface area contributed by atoms with Crippen LogP contribution in [0.4, 0.5) is 0 Å². The minimum absolute atomic E-state index is 0.0452. The standard InChI is InChI=1S/C31H34O7/c1-22(32)9-18-30(33)38-28-19-20-36-29(28)21-37-31(23-7-5-4-6-8-23,24-10-14-26(34-2)15-11-24)25-12-16-27(35-3)17-13-25/h4-8,10-17,28-29H,9,18-21H2,1-3H3/t28?,29-/m1/s1. The number of Topliss-reactive ketones (excluding diaryl/α,β-unsaturated/α-hetero) is 1. The van der Waals surface area contributed by atoms with Gasteiger partial charge in [0, 0.05) is 12.8 Å². The van der Waals surface area contributed by atoms with Crippen molar-refractivity contribution in [2.24, 2.45) is 0 Å². The van der Waals surface area contributed by atoms with Crippen LogP contribution in [0.25, 0.3) is 0 Å². The van der Waals surface area contributed by atoms with E-state index in [0.717, 1.165) is 28.2 Å². The lowest BCUT2D eigenvalue weighted by Crippen LogP contribution is -2.39. The maximum absolute atomic E-state index is 12.3. The smallest absolute Gasteiger partial charge is 0.306 e. The maximum Gasteiger partial charge on any atom is 0.306 e. The Morgan fingerprint density at radius 2 is 1.37 bits per heavy atom. The lowest BCUT2D eigenvalue weighted by Gasteiger charge is -2.37. The van der Waals surface area contributed by atoms with Gasteiger partial charge < -0.3 is 28.5 Å². The van der Waals surface area contributed by atoms with Crippen LogP contribution in [0.5, 0.6) is 11.5 Å². The number of benzene rings is 3. The zero-order valence-electron chi connectivity index (χ0n) is 22.1. The highest BCUT2D eigenvalue weighted by Gasteiger charge is 2.41. The van der Waals surface area contributed by atoms with Crippen molar-refractivity contribution in [3.63, 3.8) is 0 Å². The first kappa shape index (κ1) is 27.4. The van der Waals surface area contributed by atoms with Crippen molar-refractivity contribution in [2.75, 3.05) is 27.4 Å². The van der Waals surface area contributed by atoms with E-state index >= 15 is 0 Å². The molecule has 200 valence electrons. The van der Waals surface area contributed by atoms with E-state index in [1.807, 2.05) is 78.9 Å². The quantitative estimate of drug-likeness (QED) is 0.244. The van der Waals surface area contributed by atoms with Gasteiger partial charge in [-0.25, -0.2) is 0 Å². The van der Waals surface area contributed by atoms with E-state index in [1.54, 1.807) is 14.2 Å². The lowest BCUT2D eigenvalue weighted by molar-refractivity contribution is -0.155. The van der Waals surface area contributed by atoms with Gasteiger partial charge in [0.15, 0.2) is 0 Å². The molecule has 0 amide bonds. The summed E-state index contributed by atoms with van der Waals surface area (Å²) in [7, 11) is 3.27. The first-order valence-corrected chi connectivity index (χ1v) is 12.8. The minimum Gasteiger partial charge on any atom is -0.497 e. The van der Waals surface area contributed by atoms with Gasteiger partial charge in [-0.05, 0) is 47.9 Å². The Morgan fingerprint density at radius 1 is 0.816 bits per heavy atom. The van der Waals surface area contributed by atoms with E-state index in [1.165, 1.54) is 6.92 Å². The Labute approximate surface area is 223 Å². The Bertz CT molecular complexity index is 1140. The largest absolute Gasteiger partial charge is 0.497 e. The Hall–Kier alpha value is -3.68. The van der Waals surface area contributed by atoms with Crippen molar-refractivity contribution >= 4 is 11.8 Å². The second-order valence-corrected chi connectivity index (χ2v) is 9.24. The number of ether oxygens (including phenoxy) is 5. The molecule has 1 heterocycles. The molecule has 0 spiro atoms. The summed E-state index contributed by atoms with van der Waals surface area (Å²) < 4.78 is 29.3. The maximum atomic E-state index is 12.3. The zero-order valence-corrected chi connectivity index (χ0v) is 22.1. The van der Waals surface area contributed by atoms with Crippen molar-refractivity contribution < 1.29 is 33.3 Å². The van der Waals surface area contributed by atoms with Crippen LogP contribution in [-0.4, -0.2) is 51.4 Å². The van der Waals surface area contributed by atoms with Gasteiger partial charge in [-0.1, -0.05) is 54.6 Å². The van der Waals surface area contributed by atoms with Gasteiger partial charge in [-0.2, -0.15) is 0 Å². The number of methoxy groups -OCH3 is 2. The summed E-state index contributed by atoms with van der Waals surface area (Å²) in [6.45, 7) is 2.10. The highest BCUT2D eigenvalue weighted by molar-refractivity contribution is 5.81. The topological polar surface area (TPSA) is 80.3 Å². The molecule has 2 atom stereocenters. The van der Waals surface area contributed by atoms with E-state index < -0.39 is 23.8 Å². The van der Waals surface area contributed by atoms with Crippen LogP contribution in [-0.2, 0) is 29.4 Å². The number of carbonyl (C=O) groups excluding carboxylic acids is 2. The molecule has 1 aliphatic rings.